The van der Waals surface area contributed by atoms with E-state index in [-0.39, 0.29) is 17.7 Å². The second-order valence-corrected chi connectivity index (χ2v) is 6.05. The summed E-state index contributed by atoms with van der Waals surface area (Å²) in [6.45, 7) is 9.47. The van der Waals surface area contributed by atoms with Crippen LogP contribution in [0, 0.1) is 19.8 Å². The maximum atomic E-state index is 12.7. The fourth-order valence-corrected chi connectivity index (χ4v) is 3.07. The second kappa shape index (κ2) is 8.11. The third-order valence-corrected chi connectivity index (χ3v) is 4.41. The molecule has 1 aliphatic rings. The van der Waals surface area contributed by atoms with E-state index >= 15 is 0 Å². The first-order chi connectivity index (χ1) is 11.6. The molecule has 130 valence electrons. The number of benzene rings is 1. The minimum absolute atomic E-state index is 0.0361. The molecule has 1 aromatic carbocycles. The van der Waals surface area contributed by atoms with Gasteiger partial charge in [-0.3, -0.25) is 4.79 Å². The third kappa shape index (κ3) is 3.85. The van der Waals surface area contributed by atoms with Crippen molar-refractivity contribution in [3.63, 3.8) is 0 Å². The average Bonchev–Trinajstić information content (AvgIpc) is 3.13. The van der Waals surface area contributed by atoms with Crippen LogP contribution in [0.15, 0.2) is 34.9 Å². The maximum Gasteiger partial charge on any atom is 0.229 e. The third-order valence-electron chi connectivity index (χ3n) is 4.41. The summed E-state index contributed by atoms with van der Waals surface area (Å²) >= 11 is 0. The van der Waals surface area contributed by atoms with Gasteiger partial charge < -0.3 is 14.7 Å². The first-order valence-corrected chi connectivity index (χ1v) is 8.53. The minimum Gasteiger partial charge on any atom is -0.360 e. The molecular weight excluding hydrogens is 302 g/mol. The molecule has 0 unspecified atom stereocenters. The number of aryl methyl sites for hydroxylation is 1. The van der Waals surface area contributed by atoms with Crippen LogP contribution in [0.2, 0.25) is 0 Å². The largest absolute Gasteiger partial charge is 0.360 e. The van der Waals surface area contributed by atoms with Crippen molar-refractivity contribution < 1.29 is 9.32 Å². The molecule has 0 bridgehead atoms. The molecule has 5 nitrogen and oxygen atoms in total. The molecule has 1 N–H and O–H groups in total. The SMILES string of the molecule is CC.Cc1noc([C@H]2CN(C)C[C@@H]2C(=O)Nc2ccccc2)c1C. The van der Waals surface area contributed by atoms with Crippen LogP contribution in [-0.4, -0.2) is 36.1 Å². The van der Waals surface area contributed by atoms with Gasteiger partial charge in [0.2, 0.25) is 5.91 Å². The Hall–Kier alpha value is -2.14. The van der Waals surface area contributed by atoms with Gasteiger partial charge in [0.25, 0.3) is 0 Å². The Kier molecular flexibility index (Phi) is 6.15. The van der Waals surface area contributed by atoms with Crippen LogP contribution in [0.5, 0.6) is 0 Å². The number of hydrogen-bond acceptors (Lipinski definition) is 4. The van der Waals surface area contributed by atoms with Crippen LogP contribution in [0.3, 0.4) is 0 Å². The molecule has 5 heteroatoms. The van der Waals surface area contributed by atoms with Gasteiger partial charge in [-0.1, -0.05) is 37.2 Å². The first-order valence-electron chi connectivity index (χ1n) is 8.53. The fourth-order valence-electron chi connectivity index (χ4n) is 3.07. The van der Waals surface area contributed by atoms with Gasteiger partial charge in [0.1, 0.15) is 5.76 Å². The summed E-state index contributed by atoms with van der Waals surface area (Å²) in [7, 11) is 2.03. The van der Waals surface area contributed by atoms with Crippen molar-refractivity contribution in [2.75, 3.05) is 25.5 Å². The summed E-state index contributed by atoms with van der Waals surface area (Å²) in [4.78, 5) is 14.8. The molecule has 2 heterocycles. The molecule has 1 aliphatic heterocycles. The molecule has 1 fully saturated rings. The molecule has 1 amide bonds. The topological polar surface area (TPSA) is 58.4 Å². The Morgan fingerprint density at radius 3 is 2.46 bits per heavy atom. The molecular formula is C19H27N3O2. The van der Waals surface area contributed by atoms with Gasteiger partial charge in [-0.15, -0.1) is 0 Å². The van der Waals surface area contributed by atoms with Crippen molar-refractivity contribution in [3.05, 3.63) is 47.3 Å². The Balaban J connectivity index is 0.00000100. The lowest BCUT2D eigenvalue weighted by Crippen LogP contribution is -2.28. The standard InChI is InChI=1S/C17H21N3O2.C2H6/c1-11-12(2)19-22-16(11)14-9-20(3)10-15(14)17(21)18-13-7-5-4-6-8-13;1-2/h4-8,14-15H,9-10H2,1-3H3,(H,18,21);1-2H3/t14-,15-;/m0./s1. The van der Waals surface area contributed by atoms with Crippen molar-refractivity contribution in [1.29, 1.82) is 0 Å². The summed E-state index contributed by atoms with van der Waals surface area (Å²) in [5.41, 5.74) is 2.77. The molecule has 2 atom stereocenters. The number of carbonyl (C=O) groups is 1. The van der Waals surface area contributed by atoms with Crippen LogP contribution < -0.4 is 5.32 Å². The smallest absolute Gasteiger partial charge is 0.229 e. The Morgan fingerprint density at radius 1 is 1.21 bits per heavy atom. The number of aromatic nitrogens is 1. The number of para-hydroxylation sites is 1. The number of hydrogen-bond donors (Lipinski definition) is 1. The van der Waals surface area contributed by atoms with Crippen LogP contribution >= 0.6 is 0 Å². The van der Waals surface area contributed by atoms with E-state index in [2.05, 4.69) is 15.4 Å². The molecule has 2 aromatic rings. The van der Waals surface area contributed by atoms with E-state index in [0.717, 1.165) is 35.8 Å². The summed E-state index contributed by atoms with van der Waals surface area (Å²) < 4.78 is 5.50. The van der Waals surface area contributed by atoms with Gasteiger partial charge in [0, 0.05) is 30.3 Å². The number of amides is 1. The van der Waals surface area contributed by atoms with E-state index in [0.29, 0.717) is 0 Å². The lowest BCUT2D eigenvalue weighted by Gasteiger charge is -2.16. The normalized spacial score (nSPS) is 20.4. The van der Waals surface area contributed by atoms with E-state index < -0.39 is 0 Å². The molecule has 24 heavy (non-hydrogen) atoms. The van der Waals surface area contributed by atoms with Gasteiger partial charge >= 0.3 is 0 Å². The molecule has 0 aliphatic carbocycles. The zero-order valence-corrected chi connectivity index (χ0v) is 15.2. The zero-order valence-electron chi connectivity index (χ0n) is 15.2. The van der Waals surface area contributed by atoms with Gasteiger partial charge in [-0.2, -0.15) is 0 Å². The molecule has 0 saturated carbocycles. The highest BCUT2D eigenvalue weighted by Crippen LogP contribution is 2.35. The Morgan fingerprint density at radius 2 is 1.88 bits per heavy atom. The summed E-state index contributed by atoms with van der Waals surface area (Å²) in [6.07, 6.45) is 0. The summed E-state index contributed by atoms with van der Waals surface area (Å²) in [5, 5.41) is 7.04. The average molecular weight is 329 g/mol. The van der Waals surface area contributed by atoms with Crippen LogP contribution in [-0.2, 0) is 4.79 Å². The van der Waals surface area contributed by atoms with E-state index in [1.165, 1.54) is 0 Å². The van der Waals surface area contributed by atoms with Gasteiger partial charge in [0.05, 0.1) is 11.6 Å². The zero-order chi connectivity index (χ0) is 17.7. The van der Waals surface area contributed by atoms with E-state index in [1.54, 1.807) is 0 Å². The number of rotatable bonds is 3. The molecule has 0 spiro atoms. The highest BCUT2D eigenvalue weighted by molar-refractivity contribution is 5.93. The van der Waals surface area contributed by atoms with Crippen molar-refractivity contribution in [3.8, 4) is 0 Å². The van der Waals surface area contributed by atoms with Crippen molar-refractivity contribution in [1.82, 2.24) is 10.1 Å². The first kappa shape index (κ1) is 18.2. The maximum absolute atomic E-state index is 12.7. The summed E-state index contributed by atoms with van der Waals surface area (Å²) in [5.74, 6) is 0.801. The number of likely N-dealkylation sites (tertiary alicyclic amines) is 1. The van der Waals surface area contributed by atoms with Crippen molar-refractivity contribution in [2.24, 2.45) is 5.92 Å². The van der Waals surface area contributed by atoms with E-state index in [9.17, 15) is 4.79 Å². The Labute approximate surface area is 144 Å². The second-order valence-electron chi connectivity index (χ2n) is 6.05. The number of nitrogens with one attached hydrogen (secondary N) is 1. The van der Waals surface area contributed by atoms with Gasteiger partial charge in [-0.25, -0.2) is 0 Å². The fraction of sp³-hybridized carbons (Fsp3) is 0.474. The number of anilines is 1. The van der Waals surface area contributed by atoms with Crippen LogP contribution in [0.1, 0.15) is 36.8 Å². The number of nitrogens with zero attached hydrogens (tertiary/aromatic N) is 2. The summed E-state index contributed by atoms with van der Waals surface area (Å²) in [6, 6.07) is 9.56. The lowest BCUT2D eigenvalue weighted by atomic mass is 9.90. The monoisotopic (exact) mass is 329 g/mol. The van der Waals surface area contributed by atoms with Crippen LogP contribution in [0.25, 0.3) is 0 Å². The van der Waals surface area contributed by atoms with Crippen molar-refractivity contribution >= 4 is 11.6 Å². The predicted octanol–water partition coefficient (Wildman–Crippen LogP) is 3.60. The molecule has 1 aromatic heterocycles. The predicted molar refractivity (Wildman–Crippen MR) is 96.1 cm³/mol. The van der Waals surface area contributed by atoms with Gasteiger partial charge in [-0.05, 0) is 33.0 Å². The molecule has 3 rings (SSSR count). The number of likely N-dealkylation sites (N-methyl/N-ethyl adjacent to an activating group) is 1. The highest BCUT2D eigenvalue weighted by Gasteiger charge is 2.40. The molecule has 1 saturated heterocycles. The van der Waals surface area contributed by atoms with E-state index in [4.69, 9.17) is 4.52 Å². The number of carbonyl (C=O) groups excluding carboxylic acids is 1. The highest BCUT2D eigenvalue weighted by atomic mass is 16.5. The quantitative estimate of drug-likeness (QED) is 0.935. The van der Waals surface area contributed by atoms with Gasteiger partial charge in [0.15, 0.2) is 0 Å². The Bertz CT molecular complexity index is 667. The van der Waals surface area contributed by atoms with E-state index in [1.807, 2.05) is 65.1 Å². The minimum atomic E-state index is -0.128. The van der Waals surface area contributed by atoms with Crippen LogP contribution in [0.4, 0.5) is 5.69 Å². The molecule has 0 radical (unpaired) electrons. The van der Waals surface area contributed by atoms with Crippen molar-refractivity contribution in [2.45, 2.75) is 33.6 Å². The lowest BCUT2D eigenvalue weighted by molar-refractivity contribution is -0.120.